The number of rotatable bonds is 6. The number of hydrogen-bond acceptors (Lipinski definition) is 6. The second-order valence-electron chi connectivity index (χ2n) is 8.57. The molecule has 1 unspecified atom stereocenters. The van der Waals surface area contributed by atoms with Crippen molar-refractivity contribution in [2.24, 2.45) is 7.05 Å². The molecule has 4 rings (SSSR count). The van der Waals surface area contributed by atoms with E-state index < -0.39 is 23.5 Å². The molecule has 2 heterocycles. The van der Waals surface area contributed by atoms with Crippen molar-refractivity contribution in [1.82, 2.24) is 20.0 Å². The molecule has 1 fully saturated rings. The number of aliphatic hydroxyl groups excluding tert-OH is 1. The van der Waals surface area contributed by atoms with Gasteiger partial charge in [-0.15, -0.1) is 0 Å². The van der Waals surface area contributed by atoms with E-state index >= 15 is 0 Å². The van der Waals surface area contributed by atoms with Gasteiger partial charge in [-0.05, 0) is 69.9 Å². The molecule has 33 heavy (non-hydrogen) atoms. The molecular formula is C23H26FN5O4. The van der Waals surface area contributed by atoms with Gasteiger partial charge in [-0.1, -0.05) is 5.16 Å². The number of hydrogen-bond donors (Lipinski definition) is 3. The molecule has 1 aliphatic carbocycles. The van der Waals surface area contributed by atoms with Crippen LogP contribution in [-0.2, 0) is 17.4 Å². The van der Waals surface area contributed by atoms with Crippen LogP contribution in [0.5, 0.6) is 0 Å². The standard InChI is InChI=1S/C23H26FN5O4/c1-11-10-15(6-7-16(11)24)26-20(31)17-12(2)18(29(5)13(17)3)19(30)21(32)27-23(8-9-23)22-25-14(4)28-33-22/h6-7,10,19,30H,8-9H2,1-5H3,(H,26,31)(H,27,32). The van der Waals surface area contributed by atoms with Crippen LogP contribution < -0.4 is 10.6 Å². The summed E-state index contributed by atoms with van der Waals surface area (Å²) < 4.78 is 20.4. The largest absolute Gasteiger partial charge is 0.377 e. The zero-order valence-corrected chi connectivity index (χ0v) is 19.1. The SMILES string of the molecule is Cc1noc(C2(NC(=O)C(O)c3c(C)c(C(=O)Nc4ccc(F)c(C)c4)c(C)n3C)CC2)n1. The highest BCUT2D eigenvalue weighted by atomic mass is 19.1. The van der Waals surface area contributed by atoms with E-state index in [-0.39, 0.29) is 5.82 Å². The number of carbonyl (C=O) groups excluding carboxylic acids is 2. The van der Waals surface area contributed by atoms with E-state index in [0.717, 1.165) is 0 Å². The van der Waals surface area contributed by atoms with Crippen molar-refractivity contribution in [2.75, 3.05) is 5.32 Å². The molecule has 9 nitrogen and oxygen atoms in total. The Kier molecular flexibility index (Phi) is 5.57. The quantitative estimate of drug-likeness (QED) is 0.525. The van der Waals surface area contributed by atoms with E-state index in [0.29, 0.717) is 58.3 Å². The lowest BCUT2D eigenvalue weighted by molar-refractivity contribution is -0.131. The summed E-state index contributed by atoms with van der Waals surface area (Å²) >= 11 is 0. The first-order valence-corrected chi connectivity index (χ1v) is 10.6. The van der Waals surface area contributed by atoms with Gasteiger partial charge < -0.3 is 24.8 Å². The molecule has 0 radical (unpaired) electrons. The highest BCUT2D eigenvalue weighted by molar-refractivity contribution is 6.06. The van der Waals surface area contributed by atoms with Crippen molar-refractivity contribution in [3.05, 3.63) is 63.8 Å². The third kappa shape index (κ3) is 4.02. The number of nitrogens with zero attached hydrogens (tertiary/aromatic N) is 3. The van der Waals surface area contributed by atoms with E-state index in [2.05, 4.69) is 20.8 Å². The lowest BCUT2D eigenvalue weighted by Crippen LogP contribution is -2.39. The normalized spacial score (nSPS) is 15.2. The molecule has 1 atom stereocenters. The molecule has 1 saturated carbocycles. The summed E-state index contributed by atoms with van der Waals surface area (Å²) in [6.45, 7) is 6.71. The van der Waals surface area contributed by atoms with Gasteiger partial charge in [0.25, 0.3) is 17.7 Å². The number of anilines is 1. The molecule has 1 aliphatic rings. The summed E-state index contributed by atoms with van der Waals surface area (Å²) in [5.41, 5.74) is 1.80. The zero-order valence-electron chi connectivity index (χ0n) is 19.1. The van der Waals surface area contributed by atoms with E-state index in [1.54, 1.807) is 45.4 Å². The average Bonchev–Trinajstić information content (AvgIpc) is 3.33. The summed E-state index contributed by atoms with van der Waals surface area (Å²) in [5, 5.41) is 20.3. The van der Waals surface area contributed by atoms with Gasteiger partial charge in [0.2, 0.25) is 0 Å². The van der Waals surface area contributed by atoms with Gasteiger partial charge in [-0.2, -0.15) is 4.98 Å². The number of aromatic nitrogens is 3. The highest BCUT2D eigenvalue weighted by Crippen LogP contribution is 2.45. The average molecular weight is 455 g/mol. The third-order valence-electron chi connectivity index (χ3n) is 6.19. The van der Waals surface area contributed by atoms with Gasteiger partial charge in [-0.3, -0.25) is 9.59 Å². The fourth-order valence-corrected chi connectivity index (χ4v) is 4.08. The summed E-state index contributed by atoms with van der Waals surface area (Å²) in [4.78, 5) is 30.1. The smallest absolute Gasteiger partial charge is 0.257 e. The Morgan fingerprint density at radius 2 is 1.94 bits per heavy atom. The number of carbonyl (C=O) groups is 2. The molecular weight excluding hydrogens is 429 g/mol. The van der Waals surface area contributed by atoms with Crippen LogP contribution in [-0.4, -0.2) is 31.6 Å². The molecule has 3 N–H and O–H groups in total. The minimum Gasteiger partial charge on any atom is -0.377 e. The minimum atomic E-state index is -1.51. The van der Waals surface area contributed by atoms with Gasteiger partial charge >= 0.3 is 0 Å². The molecule has 0 aliphatic heterocycles. The van der Waals surface area contributed by atoms with Crippen LogP contribution in [0.3, 0.4) is 0 Å². The van der Waals surface area contributed by atoms with Crippen LogP contribution in [0.25, 0.3) is 0 Å². The molecule has 3 aromatic rings. The Morgan fingerprint density at radius 1 is 1.24 bits per heavy atom. The Labute approximate surface area is 190 Å². The van der Waals surface area contributed by atoms with Crippen molar-refractivity contribution >= 4 is 17.5 Å². The summed E-state index contributed by atoms with van der Waals surface area (Å²) in [7, 11) is 1.68. The molecule has 174 valence electrons. The number of aliphatic hydroxyl groups is 1. The van der Waals surface area contributed by atoms with Crippen molar-refractivity contribution < 1.29 is 23.6 Å². The van der Waals surface area contributed by atoms with Crippen molar-refractivity contribution in [2.45, 2.75) is 52.2 Å². The molecule has 2 amide bonds. The predicted molar refractivity (Wildman–Crippen MR) is 117 cm³/mol. The number of benzene rings is 1. The number of nitrogens with one attached hydrogen (secondary N) is 2. The summed E-state index contributed by atoms with van der Waals surface area (Å²) in [6, 6.07) is 4.30. The Bertz CT molecular complexity index is 1260. The second kappa shape index (κ2) is 8.11. The molecule has 0 saturated heterocycles. The first-order chi connectivity index (χ1) is 15.5. The minimum absolute atomic E-state index is 0.308. The fourth-order valence-electron chi connectivity index (χ4n) is 4.08. The molecule has 0 spiro atoms. The van der Waals surface area contributed by atoms with Crippen molar-refractivity contribution in [1.29, 1.82) is 0 Å². The Hall–Kier alpha value is -3.53. The van der Waals surface area contributed by atoms with E-state index in [1.165, 1.54) is 12.1 Å². The van der Waals surface area contributed by atoms with Gasteiger partial charge in [0, 0.05) is 18.4 Å². The van der Waals surface area contributed by atoms with Gasteiger partial charge in [0.15, 0.2) is 11.9 Å². The maximum atomic E-state index is 13.5. The topological polar surface area (TPSA) is 122 Å². The van der Waals surface area contributed by atoms with Crippen LogP contribution in [0.2, 0.25) is 0 Å². The van der Waals surface area contributed by atoms with Crippen molar-refractivity contribution in [3.63, 3.8) is 0 Å². The predicted octanol–water partition coefficient (Wildman–Crippen LogP) is 2.87. The maximum absolute atomic E-state index is 13.5. The number of amides is 2. The van der Waals surface area contributed by atoms with Crippen LogP contribution in [0.15, 0.2) is 22.7 Å². The highest BCUT2D eigenvalue weighted by Gasteiger charge is 2.51. The second-order valence-corrected chi connectivity index (χ2v) is 8.57. The lowest BCUT2D eigenvalue weighted by atomic mass is 10.1. The van der Waals surface area contributed by atoms with Gasteiger partial charge in [0.1, 0.15) is 11.4 Å². The monoisotopic (exact) mass is 455 g/mol. The van der Waals surface area contributed by atoms with Crippen LogP contribution in [0, 0.1) is 33.5 Å². The van der Waals surface area contributed by atoms with Gasteiger partial charge in [0.05, 0.1) is 11.3 Å². The maximum Gasteiger partial charge on any atom is 0.257 e. The van der Waals surface area contributed by atoms with Crippen LogP contribution in [0.4, 0.5) is 10.1 Å². The van der Waals surface area contributed by atoms with E-state index in [9.17, 15) is 19.1 Å². The summed E-state index contributed by atoms with van der Waals surface area (Å²) in [5.74, 6) is -0.610. The molecule has 10 heteroatoms. The molecule has 0 bridgehead atoms. The van der Waals surface area contributed by atoms with Crippen LogP contribution >= 0.6 is 0 Å². The first-order valence-electron chi connectivity index (χ1n) is 10.6. The molecule has 2 aromatic heterocycles. The fraction of sp³-hybridized carbons (Fsp3) is 0.391. The number of aryl methyl sites for hydroxylation is 2. The summed E-state index contributed by atoms with van der Waals surface area (Å²) in [6.07, 6.45) is -0.254. The van der Waals surface area contributed by atoms with E-state index in [1.807, 2.05) is 0 Å². The zero-order chi connectivity index (χ0) is 24.1. The lowest BCUT2D eigenvalue weighted by Gasteiger charge is -2.18. The number of halogens is 1. The Morgan fingerprint density at radius 3 is 2.52 bits per heavy atom. The molecule has 1 aromatic carbocycles. The van der Waals surface area contributed by atoms with Gasteiger partial charge in [-0.25, -0.2) is 4.39 Å². The Balaban J connectivity index is 1.57. The van der Waals surface area contributed by atoms with Crippen molar-refractivity contribution in [3.8, 4) is 0 Å². The first kappa shape index (κ1) is 22.7. The third-order valence-corrected chi connectivity index (χ3v) is 6.19. The van der Waals surface area contributed by atoms with Crippen LogP contribution in [0.1, 0.15) is 63.5 Å². The van der Waals surface area contributed by atoms with E-state index in [4.69, 9.17) is 4.52 Å².